The average molecular weight is 710 g/mol. The molecule has 0 radical (unpaired) electrons. The predicted octanol–water partition coefficient (Wildman–Crippen LogP) is 14.6. The number of hydrogen-bond donors (Lipinski definition) is 0. The van der Waals surface area contributed by atoms with Crippen LogP contribution in [0.4, 0.5) is 0 Å². The topological polar surface area (TPSA) is 57.1 Å². The number of unbranched alkanes of at least 4 members (excludes halogenated alkanes) is 36. The van der Waals surface area contributed by atoms with Crippen LogP contribution in [0.3, 0.4) is 0 Å². The lowest BCUT2D eigenvalue weighted by Crippen LogP contribution is -2.42. The maximum absolute atomic E-state index is 10.0. The van der Waals surface area contributed by atoms with Crippen LogP contribution in [-0.2, 0) is 18.1 Å². The fourth-order valence-corrected chi connectivity index (χ4v) is 9.12. The van der Waals surface area contributed by atoms with E-state index in [4.69, 9.17) is 13.3 Å². The molecule has 0 heterocycles. The quantitative estimate of drug-likeness (QED) is 0.0274. The van der Waals surface area contributed by atoms with Crippen molar-refractivity contribution in [3.05, 3.63) is 0 Å². The highest BCUT2D eigenvalue weighted by atomic mass is 28.4. The highest BCUT2D eigenvalue weighted by Gasteiger charge is 2.36. The van der Waals surface area contributed by atoms with E-state index in [1.807, 2.05) is 0 Å². The van der Waals surface area contributed by atoms with Crippen LogP contribution in [0, 0.1) is 0 Å². The predicted molar refractivity (Wildman–Crippen MR) is 215 cm³/mol. The van der Waals surface area contributed by atoms with Gasteiger partial charge in [-0.25, -0.2) is 9.79 Å². The molecule has 0 unspecified atom stereocenters. The van der Waals surface area contributed by atoms with Crippen molar-refractivity contribution in [3.63, 3.8) is 0 Å². The first-order valence-electron chi connectivity index (χ1n) is 21.9. The van der Waals surface area contributed by atoms with Crippen LogP contribution in [0.15, 0.2) is 4.99 Å². The van der Waals surface area contributed by atoms with Crippen molar-refractivity contribution in [2.45, 2.75) is 244 Å². The lowest BCUT2D eigenvalue weighted by Gasteiger charge is -2.24. The Kier molecular flexibility index (Phi) is 41.4. The second-order valence-corrected chi connectivity index (χ2v) is 18.2. The Hall–Kier alpha value is -0.523. The SMILES string of the molecule is CO[Si](CCCCCCCCCCCCCCCCCCCCCCCCCCCCCCCCCCCCCCCN=C=O)(OC)OC. The molecule has 0 rings (SSSR count). The third-order valence-corrected chi connectivity index (χ3v) is 13.6. The van der Waals surface area contributed by atoms with E-state index in [9.17, 15) is 4.79 Å². The summed E-state index contributed by atoms with van der Waals surface area (Å²) in [5.41, 5.74) is 0. The van der Waals surface area contributed by atoms with Crippen LogP contribution in [0.5, 0.6) is 0 Å². The molecule has 0 spiro atoms. The van der Waals surface area contributed by atoms with E-state index in [-0.39, 0.29) is 0 Å². The summed E-state index contributed by atoms with van der Waals surface area (Å²) in [7, 11) is 2.78. The van der Waals surface area contributed by atoms with Gasteiger partial charge in [-0.1, -0.05) is 225 Å². The van der Waals surface area contributed by atoms with Crippen molar-refractivity contribution < 1.29 is 18.1 Å². The average Bonchev–Trinajstić information content (AvgIpc) is 3.12. The Morgan fingerprint density at radius 1 is 0.327 bits per heavy atom. The zero-order chi connectivity index (χ0) is 35.6. The van der Waals surface area contributed by atoms with Crippen LogP contribution in [0.2, 0.25) is 6.04 Å². The number of carbonyl (C=O) groups excluding carboxylic acids is 1. The first-order chi connectivity index (χ1) is 24.2. The molecule has 0 saturated heterocycles. The van der Waals surface area contributed by atoms with Crippen LogP contribution in [0.1, 0.15) is 238 Å². The van der Waals surface area contributed by atoms with E-state index in [0.29, 0.717) is 6.54 Å². The fourth-order valence-electron chi connectivity index (χ4n) is 7.32. The molecule has 0 fully saturated rings. The minimum atomic E-state index is -2.35. The van der Waals surface area contributed by atoms with Gasteiger partial charge in [0.25, 0.3) is 0 Å². The van der Waals surface area contributed by atoms with Gasteiger partial charge in [-0.2, -0.15) is 0 Å². The van der Waals surface area contributed by atoms with E-state index in [1.54, 1.807) is 27.4 Å². The standard InChI is InChI=1S/C43H87NO4Si/c1-46-49(47-2,48-3)42-40-38-36-34-32-30-28-26-24-22-20-18-16-14-12-10-8-6-4-5-7-9-11-13-15-17-19-21-23-25-27-29-31-33-35-37-39-41-44-43-45/h4-42H2,1-3H3. The highest BCUT2D eigenvalue weighted by Crippen LogP contribution is 2.20. The van der Waals surface area contributed by atoms with Gasteiger partial charge in [0.05, 0.1) is 6.54 Å². The Bertz CT molecular complexity index is 660. The molecular weight excluding hydrogens is 623 g/mol. The van der Waals surface area contributed by atoms with Crippen molar-refractivity contribution in [2.75, 3.05) is 27.9 Å². The number of aliphatic imine (C=N–C) groups is 1. The van der Waals surface area contributed by atoms with Gasteiger partial charge in [-0.3, -0.25) is 0 Å². The molecule has 49 heavy (non-hydrogen) atoms. The van der Waals surface area contributed by atoms with Crippen LogP contribution in [0.25, 0.3) is 0 Å². The van der Waals surface area contributed by atoms with Gasteiger partial charge in [0, 0.05) is 27.4 Å². The molecule has 0 amide bonds. The molecule has 0 aliphatic heterocycles. The smallest absolute Gasteiger partial charge is 0.377 e. The van der Waals surface area contributed by atoms with Gasteiger partial charge < -0.3 is 13.3 Å². The third-order valence-electron chi connectivity index (χ3n) is 10.8. The molecule has 0 aromatic carbocycles. The van der Waals surface area contributed by atoms with Crippen molar-refractivity contribution in [1.82, 2.24) is 0 Å². The van der Waals surface area contributed by atoms with E-state index < -0.39 is 8.80 Å². The summed E-state index contributed by atoms with van der Waals surface area (Å²) in [6.45, 7) is 0.666. The summed E-state index contributed by atoms with van der Waals surface area (Å²) >= 11 is 0. The monoisotopic (exact) mass is 710 g/mol. The summed E-state index contributed by atoms with van der Waals surface area (Å²) < 4.78 is 16.5. The van der Waals surface area contributed by atoms with E-state index in [2.05, 4.69) is 4.99 Å². The highest BCUT2D eigenvalue weighted by molar-refractivity contribution is 6.60. The molecule has 0 aliphatic carbocycles. The van der Waals surface area contributed by atoms with E-state index in [1.165, 1.54) is 225 Å². The summed E-state index contributed by atoms with van der Waals surface area (Å²) in [6, 6.07) is 0.936. The molecule has 292 valence electrons. The molecule has 0 aromatic rings. The fraction of sp³-hybridized carbons (Fsp3) is 0.977. The Morgan fingerprint density at radius 3 is 0.694 bits per heavy atom. The van der Waals surface area contributed by atoms with Crippen LogP contribution < -0.4 is 0 Å². The van der Waals surface area contributed by atoms with Gasteiger partial charge in [-0.15, -0.1) is 0 Å². The molecule has 0 bridgehead atoms. The molecule has 5 nitrogen and oxygen atoms in total. The summed E-state index contributed by atoms with van der Waals surface area (Å²) in [6.07, 6.45) is 53.7. The number of nitrogens with zero attached hydrogens (tertiary/aromatic N) is 1. The van der Waals surface area contributed by atoms with Gasteiger partial charge in [0.15, 0.2) is 0 Å². The van der Waals surface area contributed by atoms with Crippen molar-refractivity contribution in [1.29, 1.82) is 0 Å². The lowest BCUT2D eigenvalue weighted by atomic mass is 10.0. The maximum Gasteiger partial charge on any atom is 0.500 e. The van der Waals surface area contributed by atoms with Crippen molar-refractivity contribution >= 4 is 14.9 Å². The second kappa shape index (κ2) is 41.9. The summed E-state index contributed by atoms with van der Waals surface area (Å²) in [5.74, 6) is 0. The first kappa shape index (κ1) is 48.5. The Morgan fingerprint density at radius 2 is 0.510 bits per heavy atom. The Balaban J connectivity index is 3.12. The largest absolute Gasteiger partial charge is 0.500 e. The van der Waals surface area contributed by atoms with E-state index in [0.717, 1.165) is 18.9 Å². The van der Waals surface area contributed by atoms with Gasteiger partial charge in [0.1, 0.15) is 0 Å². The third kappa shape index (κ3) is 37.1. The van der Waals surface area contributed by atoms with Crippen LogP contribution in [-0.4, -0.2) is 42.8 Å². The molecule has 0 aromatic heterocycles. The van der Waals surface area contributed by atoms with Crippen molar-refractivity contribution in [3.8, 4) is 0 Å². The van der Waals surface area contributed by atoms with Crippen LogP contribution >= 0.6 is 0 Å². The zero-order valence-electron chi connectivity index (χ0n) is 33.7. The summed E-state index contributed by atoms with van der Waals surface area (Å²) in [4.78, 5) is 13.6. The molecule has 0 aliphatic rings. The normalized spacial score (nSPS) is 11.7. The minimum Gasteiger partial charge on any atom is -0.377 e. The molecule has 0 saturated carbocycles. The zero-order valence-corrected chi connectivity index (χ0v) is 34.7. The molecule has 6 heteroatoms. The number of rotatable bonds is 43. The molecule has 0 N–H and O–H groups in total. The lowest BCUT2D eigenvalue weighted by molar-refractivity contribution is 0.122. The Labute approximate surface area is 308 Å². The maximum atomic E-state index is 10.0. The van der Waals surface area contributed by atoms with E-state index >= 15 is 0 Å². The summed E-state index contributed by atoms with van der Waals surface area (Å²) in [5, 5.41) is 0. The molecular formula is C43H87NO4Si. The molecule has 0 atom stereocenters. The second-order valence-electron chi connectivity index (χ2n) is 15.1. The van der Waals surface area contributed by atoms with Gasteiger partial charge in [-0.05, 0) is 12.8 Å². The van der Waals surface area contributed by atoms with Gasteiger partial charge >= 0.3 is 8.80 Å². The minimum absolute atomic E-state index is 0.666. The van der Waals surface area contributed by atoms with Gasteiger partial charge in [0.2, 0.25) is 6.08 Å². The number of hydrogen-bond acceptors (Lipinski definition) is 5. The first-order valence-corrected chi connectivity index (χ1v) is 23.9. The number of isocyanates is 1. The van der Waals surface area contributed by atoms with Crippen molar-refractivity contribution in [2.24, 2.45) is 4.99 Å².